The number of carbonyl (C=O) groups is 4. The Bertz CT molecular complexity index is 1850. The van der Waals surface area contributed by atoms with E-state index in [2.05, 4.69) is 60.8 Å². The molecule has 6 rings (SSSR count). The van der Waals surface area contributed by atoms with Crippen molar-refractivity contribution in [2.24, 2.45) is 0 Å². The summed E-state index contributed by atoms with van der Waals surface area (Å²) in [4.78, 5) is 49.9. The van der Waals surface area contributed by atoms with E-state index in [1.54, 1.807) is 54.6 Å². The summed E-state index contributed by atoms with van der Waals surface area (Å²) in [6.07, 6.45) is 5.62. The summed E-state index contributed by atoms with van der Waals surface area (Å²) in [7, 11) is 2.29. The molecule has 0 saturated heterocycles. The number of unbranched alkanes of at least 4 members (excludes halogenated alkanes) is 2. The molecule has 10 heteroatoms. The quantitative estimate of drug-likeness (QED) is 0.0971. The van der Waals surface area contributed by atoms with Gasteiger partial charge in [-0.15, -0.1) is 0 Å². The fourth-order valence-electron chi connectivity index (χ4n) is 6.91. The van der Waals surface area contributed by atoms with Crippen molar-refractivity contribution in [2.75, 3.05) is 13.6 Å². The number of rotatable bonds is 11. The number of carboxylic acid groups (broad SMARTS) is 2. The second-order valence-electron chi connectivity index (χ2n) is 13.6. The number of aromatic nitrogens is 1. The Morgan fingerprint density at radius 2 is 1.35 bits per heavy atom. The van der Waals surface area contributed by atoms with Gasteiger partial charge in [-0.05, 0) is 82.1 Å². The van der Waals surface area contributed by atoms with Gasteiger partial charge in [0.05, 0.1) is 11.1 Å². The minimum Gasteiger partial charge on any atom is -0.478 e. The number of aryl methyl sites for hydroxylation is 3. The normalized spacial score (nSPS) is 17.6. The maximum atomic E-state index is 12.2. The van der Waals surface area contributed by atoms with Crippen LogP contribution in [-0.2, 0) is 32.0 Å². The van der Waals surface area contributed by atoms with Crippen molar-refractivity contribution in [1.82, 2.24) is 9.47 Å². The number of benzene rings is 3. The lowest BCUT2D eigenvalue weighted by Crippen LogP contribution is -2.45. The van der Waals surface area contributed by atoms with Crippen LogP contribution in [0.3, 0.4) is 0 Å². The van der Waals surface area contributed by atoms with Crippen LogP contribution in [0.15, 0.2) is 84.6 Å². The zero-order valence-electron chi connectivity index (χ0n) is 29.8. The highest BCUT2D eigenvalue weighted by molar-refractivity contribution is 5.95. The fourth-order valence-corrected chi connectivity index (χ4v) is 6.91. The fraction of sp³-hybridized carbons (Fsp3) is 0.366. The molecular formula is C41H46N2O8. The molecular weight excluding hydrogens is 648 g/mol. The van der Waals surface area contributed by atoms with Crippen LogP contribution in [0.2, 0.25) is 0 Å². The molecule has 1 aliphatic heterocycles. The van der Waals surface area contributed by atoms with E-state index >= 15 is 0 Å². The van der Waals surface area contributed by atoms with E-state index in [9.17, 15) is 29.4 Å². The number of carboxylic acids is 2. The van der Waals surface area contributed by atoms with Gasteiger partial charge in [-0.25, -0.2) is 19.2 Å². The molecule has 268 valence electrons. The van der Waals surface area contributed by atoms with Crippen molar-refractivity contribution in [3.05, 3.63) is 118 Å². The molecule has 0 fully saturated rings. The highest BCUT2D eigenvalue weighted by Gasteiger charge is 2.41. The van der Waals surface area contributed by atoms with E-state index in [0.29, 0.717) is 12.0 Å². The van der Waals surface area contributed by atoms with Crippen molar-refractivity contribution in [3.63, 3.8) is 0 Å². The second-order valence-corrected chi connectivity index (χ2v) is 13.6. The van der Waals surface area contributed by atoms with Gasteiger partial charge >= 0.3 is 23.9 Å². The number of likely N-dealkylation sites (N-methyl/N-ethyl adjacent to an activating group) is 1. The topological polar surface area (TPSA) is 135 Å². The van der Waals surface area contributed by atoms with Crippen LogP contribution in [-0.4, -0.2) is 75.4 Å². The number of ether oxygens (including phenoxy) is 2. The van der Waals surface area contributed by atoms with Gasteiger partial charge in [0.1, 0.15) is 0 Å². The van der Waals surface area contributed by atoms with Crippen molar-refractivity contribution in [3.8, 4) is 0 Å². The Morgan fingerprint density at radius 3 is 1.86 bits per heavy atom. The molecule has 0 bridgehead atoms. The molecule has 1 aromatic heterocycles. The zero-order chi connectivity index (χ0) is 36.8. The smallest absolute Gasteiger partial charge is 0.349 e. The Kier molecular flexibility index (Phi) is 11.8. The van der Waals surface area contributed by atoms with Gasteiger partial charge in [-0.1, -0.05) is 78.9 Å². The van der Waals surface area contributed by atoms with Crippen molar-refractivity contribution < 1.29 is 38.9 Å². The number of hydrogen-bond acceptors (Lipinski definition) is 7. The molecule has 4 atom stereocenters. The number of carbonyl (C=O) groups excluding carboxylic acids is 2. The van der Waals surface area contributed by atoms with Gasteiger partial charge in [-0.3, -0.25) is 4.90 Å². The standard InChI is InChI=1S/C21H28N2.C20H18O8/c1-4-5-6-10-23-14-16-12-20-18(11-15(2)13-22(20)3)17-8-7-9-19(23)21(16)17;1-11-3-7-13(8-4-11)19(25)27-15(17(21)22)16(18(23)24)28-20(26)14-9-5-12(2)6-10-14/h7-9,11,14,18,20H,4-6,10,12-13H2,1-3H3;3-10,15-16H,1-2H3,(H,21,22)(H,23,24)/t18?,20-;/m1./s1. The van der Waals surface area contributed by atoms with Gasteiger partial charge in [0, 0.05) is 42.1 Å². The van der Waals surface area contributed by atoms with Crippen LogP contribution in [0.1, 0.15) is 82.0 Å². The van der Waals surface area contributed by atoms with E-state index in [1.807, 2.05) is 0 Å². The average molecular weight is 695 g/mol. The summed E-state index contributed by atoms with van der Waals surface area (Å²) >= 11 is 0. The van der Waals surface area contributed by atoms with E-state index < -0.39 is 36.1 Å². The minimum absolute atomic E-state index is 0.0332. The molecule has 1 aliphatic carbocycles. The second kappa shape index (κ2) is 16.2. The average Bonchev–Trinajstić information content (AvgIpc) is 3.45. The van der Waals surface area contributed by atoms with Crippen LogP contribution in [0.25, 0.3) is 10.9 Å². The van der Waals surface area contributed by atoms with Gasteiger partial charge < -0.3 is 24.3 Å². The van der Waals surface area contributed by atoms with Gasteiger partial charge in [0.15, 0.2) is 0 Å². The molecule has 0 saturated carbocycles. The van der Waals surface area contributed by atoms with Crippen molar-refractivity contribution in [2.45, 2.75) is 84.1 Å². The molecule has 2 N–H and O–H groups in total. The first kappa shape index (κ1) is 37.0. The largest absolute Gasteiger partial charge is 0.478 e. The van der Waals surface area contributed by atoms with Crippen LogP contribution in [0.5, 0.6) is 0 Å². The van der Waals surface area contributed by atoms with Crippen LogP contribution < -0.4 is 0 Å². The number of fused-ring (bicyclic) bond motifs is 2. The lowest BCUT2D eigenvalue weighted by atomic mass is 9.77. The lowest BCUT2D eigenvalue weighted by Gasteiger charge is -2.40. The predicted octanol–water partition coefficient (Wildman–Crippen LogP) is 6.96. The molecule has 3 aromatic carbocycles. The van der Waals surface area contributed by atoms with E-state index in [1.165, 1.54) is 61.0 Å². The van der Waals surface area contributed by atoms with Gasteiger partial charge in [-0.2, -0.15) is 0 Å². The van der Waals surface area contributed by atoms with Gasteiger partial charge in [0.25, 0.3) is 0 Å². The van der Waals surface area contributed by atoms with Crippen LogP contribution >= 0.6 is 0 Å². The van der Waals surface area contributed by atoms with Crippen LogP contribution in [0, 0.1) is 13.8 Å². The summed E-state index contributed by atoms with van der Waals surface area (Å²) in [6.45, 7) is 10.4. The minimum atomic E-state index is -2.22. The Labute approximate surface area is 298 Å². The summed E-state index contributed by atoms with van der Waals surface area (Å²) in [5.74, 6) is -5.05. The monoisotopic (exact) mass is 694 g/mol. The number of aliphatic carboxylic acids is 2. The molecule has 4 aromatic rings. The molecule has 2 heterocycles. The molecule has 0 amide bonds. The third-order valence-corrected chi connectivity index (χ3v) is 9.56. The first-order chi connectivity index (χ1) is 24.4. The summed E-state index contributed by atoms with van der Waals surface area (Å²) in [5.41, 5.74) is 7.87. The third-order valence-electron chi connectivity index (χ3n) is 9.56. The molecule has 3 unspecified atom stereocenters. The molecule has 2 aliphatic rings. The highest BCUT2D eigenvalue weighted by atomic mass is 16.6. The maximum Gasteiger partial charge on any atom is 0.349 e. The Morgan fingerprint density at radius 1 is 0.804 bits per heavy atom. The Hall–Kier alpha value is -5.22. The number of hydrogen-bond donors (Lipinski definition) is 2. The van der Waals surface area contributed by atoms with E-state index in [-0.39, 0.29) is 11.1 Å². The van der Waals surface area contributed by atoms with Crippen molar-refractivity contribution >= 4 is 34.8 Å². The number of nitrogens with zero attached hydrogens (tertiary/aromatic N) is 2. The zero-order valence-corrected chi connectivity index (χ0v) is 29.8. The summed E-state index contributed by atoms with van der Waals surface area (Å²) < 4.78 is 12.2. The van der Waals surface area contributed by atoms with E-state index in [0.717, 1.165) is 24.2 Å². The molecule has 10 nitrogen and oxygen atoms in total. The molecule has 51 heavy (non-hydrogen) atoms. The van der Waals surface area contributed by atoms with Crippen LogP contribution in [0.4, 0.5) is 0 Å². The highest BCUT2D eigenvalue weighted by Crippen LogP contribution is 2.42. The predicted molar refractivity (Wildman–Crippen MR) is 194 cm³/mol. The SMILES string of the molecule is CCCCCn1cc2c3c(cccc31)C1C=C(C)CN(C)[C@@H]1C2.Cc1ccc(C(=O)OC(C(=O)O)C(OC(=O)c2ccc(C)cc2)C(=O)O)cc1. The summed E-state index contributed by atoms with van der Waals surface area (Å²) in [5, 5.41) is 20.2. The third kappa shape index (κ3) is 8.57. The van der Waals surface area contributed by atoms with Gasteiger partial charge in [0.2, 0.25) is 12.2 Å². The van der Waals surface area contributed by atoms with E-state index in [4.69, 9.17) is 9.47 Å². The number of esters is 2. The van der Waals surface area contributed by atoms with Crippen molar-refractivity contribution in [1.29, 1.82) is 0 Å². The maximum absolute atomic E-state index is 12.2. The molecule has 0 spiro atoms. The summed E-state index contributed by atoms with van der Waals surface area (Å²) in [6, 6.07) is 19.6. The Balaban J connectivity index is 0.000000201. The first-order valence-electron chi connectivity index (χ1n) is 17.4. The lowest BCUT2D eigenvalue weighted by molar-refractivity contribution is -0.166. The first-order valence-corrected chi connectivity index (χ1v) is 17.4. The molecule has 0 radical (unpaired) electrons.